The van der Waals surface area contributed by atoms with Crippen molar-refractivity contribution in [3.05, 3.63) is 35.9 Å². The molecule has 2 rings (SSSR count). The van der Waals surface area contributed by atoms with Crippen LogP contribution in [0, 0.1) is 0 Å². The Kier molecular flexibility index (Phi) is 8.95. The lowest BCUT2D eigenvalue weighted by atomic mass is 9.98. The lowest BCUT2D eigenvalue weighted by molar-refractivity contribution is -0.307. The van der Waals surface area contributed by atoms with Gasteiger partial charge in [-0.2, -0.15) is 0 Å². The van der Waals surface area contributed by atoms with Gasteiger partial charge in [0.2, 0.25) is 6.29 Å². The van der Waals surface area contributed by atoms with Gasteiger partial charge in [0.25, 0.3) is 0 Å². The van der Waals surface area contributed by atoms with Gasteiger partial charge in [0.05, 0.1) is 6.61 Å². The van der Waals surface area contributed by atoms with Crippen molar-refractivity contribution in [3.8, 4) is 0 Å². The Bertz CT molecular complexity index is 778. The van der Waals surface area contributed by atoms with Crippen LogP contribution < -0.4 is 0 Å². The number of carbonyl (C=O) groups is 4. The molecule has 1 fully saturated rings. The van der Waals surface area contributed by atoms with Crippen LogP contribution in [0.25, 0.3) is 0 Å². The summed E-state index contributed by atoms with van der Waals surface area (Å²) < 4.78 is 32.6. The molecule has 170 valence electrons. The van der Waals surface area contributed by atoms with Crippen molar-refractivity contribution in [2.24, 2.45) is 0 Å². The van der Waals surface area contributed by atoms with Gasteiger partial charge in [0.1, 0.15) is 12.7 Å². The van der Waals surface area contributed by atoms with Gasteiger partial charge >= 0.3 is 23.9 Å². The average molecular weight is 438 g/mol. The number of hydrogen-bond acceptors (Lipinski definition) is 10. The number of rotatable bonds is 8. The topological polar surface area (TPSA) is 124 Å². The fourth-order valence-corrected chi connectivity index (χ4v) is 3.07. The van der Waals surface area contributed by atoms with Gasteiger partial charge in [-0.15, -0.1) is 0 Å². The minimum Gasteiger partial charge on any atom is -0.463 e. The van der Waals surface area contributed by atoms with Crippen molar-refractivity contribution in [3.63, 3.8) is 0 Å². The van der Waals surface area contributed by atoms with Gasteiger partial charge in [0.15, 0.2) is 18.3 Å². The van der Waals surface area contributed by atoms with Crippen molar-refractivity contribution >= 4 is 23.9 Å². The Labute approximate surface area is 179 Å². The molecule has 0 aliphatic carbocycles. The maximum atomic E-state index is 11.8. The zero-order valence-corrected chi connectivity index (χ0v) is 17.8. The maximum absolute atomic E-state index is 11.8. The van der Waals surface area contributed by atoms with Crippen molar-refractivity contribution in [1.82, 2.24) is 0 Å². The van der Waals surface area contributed by atoms with Gasteiger partial charge in [-0.05, 0) is 5.56 Å². The molecule has 0 N–H and O–H groups in total. The zero-order valence-electron chi connectivity index (χ0n) is 17.8. The molecule has 1 aromatic carbocycles. The van der Waals surface area contributed by atoms with E-state index in [-0.39, 0.29) is 13.2 Å². The van der Waals surface area contributed by atoms with E-state index in [0.717, 1.165) is 5.56 Å². The van der Waals surface area contributed by atoms with E-state index >= 15 is 0 Å². The highest BCUT2D eigenvalue weighted by atomic mass is 16.7. The molecule has 0 unspecified atom stereocenters. The normalized spacial score (nSPS) is 25.2. The van der Waals surface area contributed by atoms with Crippen LogP contribution in [-0.2, 0) is 54.2 Å². The predicted octanol–water partition coefficient (Wildman–Crippen LogP) is 1.29. The number of benzene rings is 1. The third-order valence-corrected chi connectivity index (χ3v) is 4.21. The largest absolute Gasteiger partial charge is 0.463 e. The molecular weight excluding hydrogens is 412 g/mol. The molecule has 0 aromatic heterocycles. The molecular formula is C21H26O10. The number of carbonyl (C=O) groups excluding carboxylic acids is 4. The third-order valence-electron chi connectivity index (χ3n) is 4.21. The highest BCUT2D eigenvalue weighted by Crippen LogP contribution is 2.30. The molecule has 0 amide bonds. The van der Waals surface area contributed by atoms with Crippen LogP contribution in [0.3, 0.4) is 0 Å². The van der Waals surface area contributed by atoms with Crippen molar-refractivity contribution in [2.45, 2.75) is 65.0 Å². The third kappa shape index (κ3) is 7.65. The highest BCUT2D eigenvalue weighted by Gasteiger charge is 2.52. The first-order chi connectivity index (χ1) is 14.7. The molecule has 5 atom stereocenters. The van der Waals surface area contributed by atoms with Crippen molar-refractivity contribution in [2.75, 3.05) is 6.61 Å². The maximum Gasteiger partial charge on any atom is 0.305 e. The molecule has 1 heterocycles. The van der Waals surface area contributed by atoms with E-state index in [1.807, 2.05) is 30.3 Å². The fourth-order valence-electron chi connectivity index (χ4n) is 3.07. The van der Waals surface area contributed by atoms with E-state index in [1.165, 1.54) is 27.7 Å². The molecule has 0 saturated carbocycles. The summed E-state index contributed by atoms with van der Waals surface area (Å²) in [5, 5.41) is 0. The van der Waals surface area contributed by atoms with Crippen LogP contribution >= 0.6 is 0 Å². The summed E-state index contributed by atoms with van der Waals surface area (Å²) in [6.45, 7) is 4.47. The van der Waals surface area contributed by atoms with Crippen LogP contribution in [-0.4, -0.2) is 61.2 Å². The van der Waals surface area contributed by atoms with Crippen LogP contribution in [0.15, 0.2) is 30.3 Å². The minimum atomic E-state index is -1.31. The van der Waals surface area contributed by atoms with Gasteiger partial charge in [-0.1, -0.05) is 30.3 Å². The van der Waals surface area contributed by atoms with E-state index in [4.69, 9.17) is 28.4 Å². The summed E-state index contributed by atoms with van der Waals surface area (Å²) in [6, 6.07) is 9.11. The number of ether oxygens (including phenoxy) is 6. The molecule has 31 heavy (non-hydrogen) atoms. The first-order valence-corrected chi connectivity index (χ1v) is 9.63. The van der Waals surface area contributed by atoms with E-state index in [9.17, 15) is 19.2 Å². The second-order valence-corrected chi connectivity index (χ2v) is 6.86. The Hall–Kier alpha value is -2.98. The Balaban J connectivity index is 2.36. The molecule has 1 saturated heterocycles. The Morgan fingerprint density at radius 3 is 1.90 bits per heavy atom. The second kappa shape index (κ2) is 11.4. The summed E-state index contributed by atoms with van der Waals surface area (Å²) >= 11 is 0. The summed E-state index contributed by atoms with van der Waals surface area (Å²) in [4.78, 5) is 46.5. The van der Waals surface area contributed by atoms with E-state index in [1.54, 1.807) is 0 Å². The molecule has 1 aliphatic heterocycles. The molecule has 1 aliphatic rings. The first kappa shape index (κ1) is 24.3. The predicted molar refractivity (Wildman–Crippen MR) is 103 cm³/mol. The number of hydrogen-bond donors (Lipinski definition) is 0. The van der Waals surface area contributed by atoms with Crippen LogP contribution in [0.4, 0.5) is 0 Å². The van der Waals surface area contributed by atoms with Crippen molar-refractivity contribution in [1.29, 1.82) is 0 Å². The van der Waals surface area contributed by atoms with Crippen LogP contribution in [0.1, 0.15) is 33.3 Å². The highest BCUT2D eigenvalue weighted by molar-refractivity contribution is 5.68. The molecule has 0 spiro atoms. The van der Waals surface area contributed by atoms with Crippen LogP contribution in [0.2, 0.25) is 0 Å². The van der Waals surface area contributed by atoms with Crippen LogP contribution in [0.5, 0.6) is 0 Å². The van der Waals surface area contributed by atoms with Gasteiger partial charge in [-0.3, -0.25) is 19.2 Å². The molecule has 10 nitrogen and oxygen atoms in total. The molecule has 0 bridgehead atoms. The Morgan fingerprint density at radius 2 is 1.35 bits per heavy atom. The lowest BCUT2D eigenvalue weighted by Crippen LogP contribution is -2.62. The minimum absolute atomic E-state index is 0.0752. The summed E-state index contributed by atoms with van der Waals surface area (Å²) in [7, 11) is 0. The molecule has 10 heteroatoms. The fraction of sp³-hybridized carbons (Fsp3) is 0.524. The SMILES string of the molecule is CC(=O)OC[C@H]1O[C@@H](OC(C)=O)[C@H](OCc2ccccc2)[C@@H](OC(C)=O)[C@@H]1OC(C)=O. The first-order valence-electron chi connectivity index (χ1n) is 9.63. The second-order valence-electron chi connectivity index (χ2n) is 6.86. The van der Waals surface area contributed by atoms with Gasteiger partial charge in [-0.25, -0.2) is 0 Å². The van der Waals surface area contributed by atoms with Gasteiger partial charge in [0, 0.05) is 27.7 Å². The monoisotopic (exact) mass is 438 g/mol. The zero-order chi connectivity index (χ0) is 23.0. The lowest BCUT2D eigenvalue weighted by Gasteiger charge is -2.44. The van der Waals surface area contributed by atoms with Gasteiger partial charge < -0.3 is 28.4 Å². The van der Waals surface area contributed by atoms with E-state index in [0.29, 0.717) is 0 Å². The summed E-state index contributed by atoms with van der Waals surface area (Å²) in [5.74, 6) is -2.62. The quantitative estimate of drug-likeness (QED) is 0.433. The summed E-state index contributed by atoms with van der Waals surface area (Å²) in [5.41, 5.74) is 0.803. The standard InChI is InChI=1S/C21H26O10/c1-12(22)26-11-17-18(28-13(2)23)19(29-14(3)24)20(21(31-17)30-15(4)25)27-10-16-8-6-5-7-9-16/h5-9,17-21H,10-11H2,1-4H3/t17-,18-,19+,20-,21-/m1/s1. The van der Waals surface area contributed by atoms with Crippen molar-refractivity contribution < 1.29 is 47.6 Å². The number of esters is 4. The van der Waals surface area contributed by atoms with E-state index in [2.05, 4.69) is 0 Å². The van der Waals surface area contributed by atoms with E-state index < -0.39 is 54.6 Å². The Morgan fingerprint density at radius 1 is 0.774 bits per heavy atom. The molecule has 1 aromatic rings. The average Bonchev–Trinajstić information content (AvgIpc) is 2.67. The smallest absolute Gasteiger partial charge is 0.305 e. The summed E-state index contributed by atoms with van der Waals surface area (Å²) in [6.07, 6.45) is -5.86. The molecule has 0 radical (unpaired) electrons.